The molecule has 0 fully saturated rings. The van der Waals surface area contributed by atoms with Crippen LogP contribution in [0.1, 0.15) is 52.4 Å². The first-order valence-corrected chi connectivity index (χ1v) is 6.55. The van der Waals surface area contributed by atoms with E-state index in [0.29, 0.717) is 6.61 Å². The number of hydrogen-bond acceptors (Lipinski definition) is 2. The Bertz CT molecular complexity index is 148. The zero-order valence-corrected chi connectivity index (χ0v) is 10.1. The molecule has 1 N–H and O–H groups in total. The van der Waals surface area contributed by atoms with Crippen LogP contribution in [0.15, 0.2) is 0 Å². The van der Waals surface area contributed by atoms with Gasteiger partial charge in [0, 0.05) is 4.57 Å². The molecule has 0 aromatic carbocycles. The summed E-state index contributed by atoms with van der Waals surface area (Å²) in [6.07, 6.45) is 7.07. The lowest BCUT2D eigenvalue weighted by molar-refractivity contribution is 0.273. The van der Waals surface area contributed by atoms with Gasteiger partial charge < -0.3 is 0 Å². The summed E-state index contributed by atoms with van der Waals surface area (Å²) in [6, 6.07) is 0. The first-order chi connectivity index (χ1) is 6.63. The molecule has 0 aliphatic rings. The largest absolute Gasteiger partial charge is 0.694 e. The van der Waals surface area contributed by atoms with Gasteiger partial charge in [-0.15, -0.1) is 9.42 Å². The van der Waals surface area contributed by atoms with Crippen molar-refractivity contribution in [3.05, 3.63) is 0 Å². The van der Waals surface area contributed by atoms with E-state index in [-0.39, 0.29) is 0 Å². The Balaban J connectivity index is 2.96. The fourth-order valence-corrected chi connectivity index (χ4v) is 1.61. The zero-order valence-electron chi connectivity index (χ0n) is 9.24. The molecule has 0 aliphatic heterocycles. The first kappa shape index (κ1) is 14.0. The number of rotatable bonds is 9. The van der Waals surface area contributed by atoms with Crippen LogP contribution in [0.25, 0.3) is 0 Å². The molecule has 84 valence electrons. The lowest BCUT2D eigenvalue weighted by atomic mass is 10.0. The topological polar surface area (TPSA) is 46.5 Å². The highest BCUT2D eigenvalue weighted by atomic mass is 31.1. The first-order valence-electron chi connectivity index (χ1n) is 5.42. The van der Waals surface area contributed by atoms with Crippen molar-refractivity contribution < 1.29 is 14.0 Å². The van der Waals surface area contributed by atoms with Crippen molar-refractivity contribution >= 4 is 8.25 Å². The van der Waals surface area contributed by atoms with Gasteiger partial charge in [0.15, 0.2) is 0 Å². The molecule has 0 rings (SSSR count). The highest BCUT2D eigenvalue weighted by molar-refractivity contribution is 7.32. The van der Waals surface area contributed by atoms with Crippen molar-refractivity contribution in [2.24, 2.45) is 5.92 Å². The Hall–Kier alpha value is 0.0200. The fourth-order valence-electron chi connectivity index (χ4n) is 1.33. The summed E-state index contributed by atoms with van der Waals surface area (Å²) >= 11 is 0. The summed E-state index contributed by atoms with van der Waals surface area (Å²) in [5.41, 5.74) is 0. The third-order valence-electron chi connectivity index (χ3n) is 2.13. The van der Waals surface area contributed by atoms with Gasteiger partial charge in [0.1, 0.15) is 6.61 Å². The quantitative estimate of drug-likeness (QED) is 0.477. The monoisotopic (exact) mass is 221 g/mol. The third kappa shape index (κ3) is 12.0. The van der Waals surface area contributed by atoms with Crippen LogP contribution >= 0.6 is 8.25 Å². The molecule has 0 aromatic rings. The van der Waals surface area contributed by atoms with Crippen molar-refractivity contribution in [3.63, 3.8) is 0 Å². The van der Waals surface area contributed by atoms with Crippen LogP contribution in [-0.2, 0) is 9.09 Å². The Morgan fingerprint density at radius 3 is 2.29 bits per heavy atom. The lowest BCUT2D eigenvalue weighted by Crippen LogP contribution is -1.89. The van der Waals surface area contributed by atoms with Gasteiger partial charge in [-0.3, -0.25) is 0 Å². The highest BCUT2D eigenvalue weighted by Crippen LogP contribution is 2.16. The van der Waals surface area contributed by atoms with E-state index in [0.717, 1.165) is 18.8 Å². The molecular weight excluding hydrogens is 199 g/mol. The van der Waals surface area contributed by atoms with Gasteiger partial charge in [-0.25, -0.2) is 0 Å². The predicted octanol–water partition coefficient (Wildman–Crippen LogP) is 3.65. The van der Waals surface area contributed by atoms with Gasteiger partial charge in [-0.2, -0.15) is 0 Å². The van der Waals surface area contributed by atoms with Crippen LogP contribution < -0.4 is 0 Å². The molecule has 0 amide bonds. The summed E-state index contributed by atoms with van der Waals surface area (Å²) in [4.78, 5) is 8.34. The second-order valence-electron chi connectivity index (χ2n) is 4.02. The van der Waals surface area contributed by atoms with E-state index in [4.69, 9.17) is 4.89 Å². The van der Waals surface area contributed by atoms with Crippen LogP contribution in [0, 0.1) is 5.92 Å². The maximum absolute atomic E-state index is 10.1. The summed E-state index contributed by atoms with van der Waals surface area (Å²) < 4.78 is 14.7. The van der Waals surface area contributed by atoms with Gasteiger partial charge >= 0.3 is 8.25 Å². The van der Waals surface area contributed by atoms with Gasteiger partial charge in [0.25, 0.3) is 0 Å². The SMILES string of the molecule is CC(C)CCCCCCCO[P+](=O)O. The molecule has 4 heteroatoms. The average Bonchev–Trinajstić information content (AvgIpc) is 2.08. The summed E-state index contributed by atoms with van der Waals surface area (Å²) in [7, 11) is -2.39. The highest BCUT2D eigenvalue weighted by Gasteiger charge is 2.09. The van der Waals surface area contributed by atoms with Crippen LogP contribution in [0.4, 0.5) is 0 Å². The van der Waals surface area contributed by atoms with E-state index in [1.165, 1.54) is 25.7 Å². The maximum atomic E-state index is 10.1. The predicted molar refractivity (Wildman–Crippen MR) is 58.3 cm³/mol. The Kier molecular flexibility index (Phi) is 9.58. The van der Waals surface area contributed by atoms with E-state index in [1.807, 2.05) is 0 Å². The van der Waals surface area contributed by atoms with Crippen molar-refractivity contribution in [1.29, 1.82) is 0 Å². The number of unbranched alkanes of at least 4 members (excludes halogenated alkanes) is 4. The van der Waals surface area contributed by atoms with Crippen molar-refractivity contribution in [2.75, 3.05) is 6.61 Å². The van der Waals surface area contributed by atoms with Gasteiger partial charge in [0.2, 0.25) is 0 Å². The minimum Gasteiger partial charge on any atom is -0.133 e. The van der Waals surface area contributed by atoms with Crippen molar-refractivity contribution in [2.45, 2.75) is 52.4 Å². The molecule has 14 heavy (non-hydrogen) atoms. The molecule has 1 unspecified atom stereocenters. The molecule has 0 aliphatic carbocycles. The fraction of sp³-hybridized carbons (Fsp3) is 1.00. The molecule has 0 spiro atoms. The second kappa shape index (κ2) is 9.57. The normalized spacial score (nSPS) is 12.1. The zero-order chi connectivity index (χ0) is 10.8. The van der Waals surface area contributed by atoms with E-state index < -0.39 is 8.25 Å². The number of hydrogen-bond donors (Lipinski definition) is 1. The smallest absolute Gasteiger partial charge is 0.133 e. The average molecular weight is 221 g/mol. The van der Waals surface area contributed by atoms with E-state index >= 15 is 0 Å². The molecule has 3 nitrogen and oxygen atoms in total. The molecule has 1 atom stereocenters. The Labute approximate surface area is 87.8 Å². The standard InChI is InChI=1S/C10H21O3P/c1-10(2)8-6-4-3-5-7-9-13-14(11)12/h10H,3-9H2,1-2H3/p+1. The molecule has 0 saturated heterocycles. The maximum Gasteiger partial charge on any atom is 0.694 e. The molecule has 0 radical (unpaired) electrons. The van der Waals surface area contributed by atoms with E-state index in [9.17, 15) is 4.57 Å². The van der Waals surface area contributed by atoms with Crippen molar-refractivity contribution in [3.8, 4) is 0 Å². The van der Waals surface area contributed by atoms with Crippen LogP contribution in [-0.4, -0.2) is 11.5 Å². The second-order valence-corrected chi connectivity index (χ2v) is 4.76. The van der Waals surface area contributed by atoms with E-state index in [2.05, 4.69) is 18.4 Å². The molecule has 0 aromatic heterocycles. The van der Waals surface area contributed by atoms with Gasteiger partial charge in [-0.05, 0) is 12.3 Å². The van der Waals surface area contributed by atoms with Gasteiger partial charge in [-0.1, -0.05) is 46.0 Å². The molecule has 0 saturated carbocycles. The molecule has 0 heterocycles. The summed E-state index contributed by atoms with van der Waals surface area (Å²) in [5.74, 6) is 0.803. The van der Waals surface area contributed by atoms with Gasteiger partial charge in [0.05, 0.1) is 0 Å². The van der Waals surface area contributed by atoms with Crippen LogP contribution in [0.2, 0.25) is 0 Å². The Morgan fingerprint density at radius 1 is 1.14 bits per heavy atom. The van der Waals surface area contributed by atoms with Crippen molar-refractivity contribution in [1.82, 2.24) is 0 Å². The van der Waals surface area contributed by atoms with Crippen LogP contribution in [0.5, 0.6) is 0 Å². The van der Waals surface area contributed by atoms with Crippen LogP contribution in [0.3, 0.4) is 0 Å². The Morgan fingerprint density at radius 2 is 1.71 bits per heavy atom. The lowest BCUT2D eigenvalue weighted by Gasteiger charge is -2.03. The minimum absolute atomic E-state index is 0.413. The minimum atomic E-state index is -2.39. The third-order valence-corrected chi connectivity index (χ3v) is 2.53. The molecule has 0 bridgehead atoms. The summed E-state index contributed by atoms with van der Waals surface area (Å²) in [5, 5.41) is 0. The summed E-state index contributed by atoms with van der Waals surface area (Å²) in [6.45, 7) is 4.90. The molecular formula is C10H22O3P+. The van der Waals surface area contributed by atoms with E-state index in [1.54, 1.807) is 0 Å².